The quantitative estimate of drug-likeness (QED) is 0.215. The average Bonchev–Trinajstić information content (AvgIpc) is 3.54. The highest BCUT2D eigenvalue weighted by atomic mass is 16.4. The predicted molar refractivity (Wildman–Crippen MR) is 169 cm³/mol. The van der Waals surface area contributed by atoms with Gasteiger partial charge >= 0.3 is 0 Å². The summed E-state index contributed by atoms with van der Waals surface area (Å²) in [5, 5.41) is 16.0. The van der Waals surface area contributed by atoms with Gasteiger partial charge in [-0.05, 0) is 72.8 Å². The van der Waals surface area contributed by atoms with E-state index in [2.05, 4.69) is 132 Å². The highest BCUT2D eigenvalue weighted by Crippen LogP contribution is 2.43. The molecule has 3 heteroatoms. The Bertz CT molecular complexity index is 2130. The van der Waals surface area contributed by atoms with E-state index in [0.717, 1.165) is 27.5 Å². The van der Waals surface area contributed by atoms with E-state index in [1.165, 1.54) is 38.2 Å². The Kier molecular flexibility index (Phi) is 5.46. The van der Waals surface area contributed by atoms with Crippen LogP contribution in [0, 0.1) is 0 Å². The molecule has 1 aromatic heterocycles. The zero-order valence-corrected chi connectivity index (χ0v) is 22.2. The van der Waals surface area contributed by atoms with Gasteiger partial charge in [-0.1, -0.05) is 127 Å². The molecule has 0 aliphatic heterocycles. The molecule has 0 bridgehead atoms. The Labute approximate surface area is 237 Å². The van der Waals surface area contributed by atoms with Crippen molar-refractivity contribution in [2.45, 2.75) is 0 Å². The lowest BCUT2D eigenvalue weighted by Crippen LogP contribution is -1.90. The molecule has 0 radical (unpaired) electrons. The van der Waals surface area contributed by atoms with Crippen LogP contribution in [-0.2, 0) is 0 Å². The van der Waals surface area contributed by atoms with Crippen molar-refractivity contribution < 1.29 is 4.42 Å². The zero-order valence-electron chi connectivity index (χ0n) is 22.2. The summed E-state index contributed by atoms with van der Waals surface area (Å²) in [6, 6.07) is 50.9. The molecule has 0 aliphatic rings. The largest absolute Gasteiger partial charge is 0.416 e. The molecule has 0 N–H and O–H groups in total. The first-order valence-electron chi connectivity index (χ1n) is 13.8. The molecule has 1 heterocycles. The van der Waals surface area contributed by atoms with Crippen molar-refractivity contribution in [1.82, 2.24) is 10.2 Å². The number of nitrogens with zero attached hydrogens (tertiary/aromatic N) is 2. The van der Waals surface area contributed by atoms with Crippen LogP contribution in [-0.4, -0.2) is 10.2 Å². The number of rotatable bonds is 4. The van der Waals surface area contributed by atoms with Crippen LogP contribution in [0.3, 0.4) is 0 Å². The van der Waals surface area contributed by atoms with Crippen LogP contribution in [0.2, 0.25) is 0 Å². The third-order valence-corrected chi connectivity index (χ3v) is 7.86. The SMILES string of the molecule is c1ccc(-c2c3ccccc3c(-c3ccc(-c4nnc(-c5cccc6ccccc56)o4)cc3)c3ccccc23)cc1. The van der Waals surface area contributed by atoms with E-state index in [1.807, 2.05) is 24.3 Å². The zero-order chi connectivity index (χ0) is 27.2. The molecule has 3 nitrogen and oxygen atoms in total. The fourth-order valence-electron chi connectivity index (χ4n) is 6.00. The van der Waals surface area contributed by atoms with Gasteiger partial charge < -0.3 is 4.42 Å². The number of aromatic nitrogens is 2. The summed E-state index contributed by atoms with van der Waals surface area (Å²) in [6.07, 6.45) is 0. The lowest BCUT2D eigenvalue weighted by molar-refractivity contribution is 0.585. The highest BCUT2D eigenvalue weighted by Gasteiger charge is 2.17. The number of hydrogen-bond acceptors (Lipinski definition) is 3. The molecule has 0 saturated heterocycles. The molecule has 0 unspecified atom stereocenters. The Morgan fingerprint density at radius 3 is 1.44 bits per heavy atom. The lowest BCUT2D eigenvalue weighted by Gasteiger charge is -2.17. The molecule has 41 heavy (non-hydrogen) atoms. The molecule has 192 valence electrons. The van der Waals surface area contributed by atoms with Crippen molar-refractivity contribution >= 4 is 32.3 Å². The van der Waals surface area contributed by atoms with Crippen LogP contribution in [0.15, 0.2) is 150 Å². The van der Waals surface area contributed by atoms with Gasteiger partial charge in [-0.15, -0.1) is 10.2 Å². The maximum Gasteiger partial charge on any atom is 0.248 e. The van der Waals surface area contributed by atoms with Gasteiger partial charge in [0, 0.05) is 11.1 Å². The second-order valence-electron chi connectivity index (χ2n) is 10.2. The minimum atomic E-state index is 0.508. The van der Waals surface area contributed by atoms with E-state index < -0.39 is 0 Å². The molecular formula is C38H24N2O. The van der Waals surface area contributed by atoms with Crippen LogP contribution in [0.4, 0.5) is 0 Å². The van der Waals surface area contributed by atoms with Gasteiger partial charge in [0.15, 0.2) is 0 Å². The molecule has 0 spiro atoms. The summed E-state index contributed by atoms with van der Waals surface area (Å²) in [6.45, 7) is 0. The lowest BCUT2D eigenvalue weighted by atomic mass is 9.86. The first-order chi connectivity index (χ1) is 20.3. The summed E-state index contributed by atoms with van der Waals surface area (Å²) >= 11 is 0. The summed E-state index contributed by atoms with van der Waals surface area (Å²) in [5.41, 5.74) is 6.69. The summed E-state index contributed by atoms with van der Waals surface area (Å²) < 4.78 is 6.19. The fourth-order valence-corrected chi connectivity index (χ4v) is 6.00. The van der Waals surface area contributed by atoms with E-state index in [9.17, 15) is 0 Å². The molecular weight excluding hydrogens is 500 g/mol. The highest BCUT2D eigenvalue weighted by molar-refractivity contribution is 6.21. The minimum Gasteiger partial charge on any atom is -0.416 e. The van der Waals surface area contributed by atoms with Gasteiger partial charge in [-0.2, -0.15) is 0 Å². The summed E-state index contributed by atoms with van der Waals surface area (Å²) in [7, 11) is 0. The predicted octanol–water partition coefficient (Wildman–Crippen LogP) is 10.2. The Hall–Kier alpha value is -5.54. The second-order valence-corrected chi connectivity index (χ2v) is 10.2. The van der Waals surface area contributed by atoms with Crippen LogP contribution in [0.25, 0.3) is 77.5 Å². The standard InChI is InChI=1S/C38H24N2O/c1-2-12-26(13-3-1)35-30-16-6-8-18-32(30)36(33-19-9-7-17-31(33)35)27-21-23-28(24-22-27)37-39-40-38(41-37)34-20-10-14-25-11-4-5-15-29(25)34/h1-24H. The van der Waals surface area contributed by atoms with Crippen LogP contribution in [0.5, 0.6) is 0 Å². The van der Waals surface area contributed by atoms with E-state index in [-0.39, 0.29) is 0 Å². The van der Waals surface area contributed by atoms with Gasteiger partial charge in [0.2, 0.25) is 11.8 Å². The van der Waals surface area contributed by atoms with Crippen LogP contribution < -0.4 is 0 Å². The third-order valence-electron chi connectivity index (χ3n) is 7.86. The molecule has 8 rings (SSSR count). The maximum absolute atomic E-state index is 6.19. The maximum atomic E-state index is 6.19. The molecule has 7 aromatic carbocycles. The Morgan fingerprint density at radius 2 is 0.805 bits per heavy atom. The average molecular weight is 525 g/mol. The minimum absolute atomic E-state index is 0.508. The van der Waals surface area contributed by atoms with E-state index >= 15 is 0 Å². The van der Waals surface area contributed by atoms with Crippen molar-refractivity contribution in [2.24, 2.45) is 0 Å². The van der Waals surface area contributed by atoms with Gasteiger partial charge in [0.25, 0.3) is 0 Å². The van der Waals surface area contributed by atoms with Crippen molar-refractivity contribution in [1.29, 1.82) is 0 Å². The second kappa shape index (κ2) is 9.58. The number of benzene rings is 7. The normalized spacial score (nSPS) is 11.4. The first kappa shape index (κ1) is 23.4. The van der Waals surface area contributed by atoms with E-state index in [4.69, 9.17) is 4.42 Å². The van der Waals surface area contributed by atoms with Gasteiger partial charge in [-0.25, -0.2) is 0 Å². The van der Waals surface area contributed by atoms with E-state index in [0.29, 0.717) is 11.8 Å². The van der Waals surface area contributed by atoms with Crippen molar-refractivity contribution in [3.8, 4) is 45.2 Å². The van der Waals surface area contributed by atoms with E-state index in [1.54, 1.807) is 0 Å². The van der Waals surface area contributed by atoms with Crippen molar-refractivity contribution in [3.63, 3.8) is 0 Å². The smallest absolute Gasteiger partial charge is 0.248 e. The van der Waals surface area contributed by atoms with Gasteiger partial charge in [0.1, 0.15) is 0 Å². The number of fused-ring (bicyclic) bond motifs is 3. The fraction of sp³-hybridized carbons (Fsp3) is 0. The van der Waals surface area contributed by atoms with Gasteiger partial charge in [-0.3, -0.25) is 0 Å². The van der Waals surface area contributed by atoms with Gasteiger partial charge in [0.05, 0.1) is 0 Å². The molecule has 0 amide bonds. The first-order valence-corrected chi connectivity index (χ1v) is 13.8. The Morgan fingerprint density at radius 1 is 0.341 bits per heavy atom. The summed E-state index contributed by atoms with van der Waals surface area (Å²) in [4.78, 5) is 0. The van der Waals surface area contributed by atoms with Crippen LogP contribution >= 0.6 is 0 Å². The number of hydrogen-bond donors (Lipinski definition) is 0. The molecule has 0 aliphatic carbocycles. The molecule has 0 saturated carbocycles. The topological polar surface area (TPSA) is 38.9 Å². The summed E-state index contributed by atoms with van der Waals surface area (Å²) in [5.74, 6) is 1.03. The monoisotopic (exact) mass is 524 g/mol. The van der Waals surface area contributed by atoms with Crippen molar-refractivity contribution in [2.75, 3.05) is 0 Å². The molecule has 0 fully saturated rings. The van der Waals surface area contributed by atoms with Crippen LogP contribution in [0.1, 0.15) is 0 Å². The third kappa shape index (κ3) is 3.90. The Balaban J connectivity index is 1.25. The molecule has 8 aromatic rings. The molecule has 0 atom stereocenters. The van der Waals surface area contributed by atoms with Crippen molar-refractivity contribution in [3.05, 3.63) is 146 Å².